The van der Waals surface area contributed by atoms with Crippen molar-refractivity contribution in [1.29, 1.82) is 5.41 Å². The van der Waals surface area contributed by atoms with Gasteiger partial charge in [-0.05, 0) is 18.6 Å². The van der Waals surface area contributed by atoms with Crippen LogP contribution in [0, 0.1) is 12.3 Å². The number of nitrogens with zero attached hydrogens (tertiary/aromatic N) is 1. The lowest BCUT2D eigenvalue weighted by Crippen LogP contribution is -2.29. The molecule has 1 fully saturated rings. The Labute approximate surface area is 115 Å². The predicted molar refractivity (Wildman–Crippen MR) is 74.5 cm³/mol. The fourth-order valence-electron chi connectivity index (χ4n) is 1.86. The molecule has 0 atom stereocenters. The predicted octanol–water partition coefficient (Wildman–Crippen LogP) is 2.50. The number of nitrogens with one attached hydrogen (secondary N) is 1. The molecule has 1 aliphatic rings. The molecule has 1 heterocycles. The van der Waals surface area contributed by atoms with Crippen LogP contribution in [0.4, 0.5) is 10.1 Å². The second-order valence-electron chi connectivity index (χ2n) is 4.20. The topological polar surface area (TPSA) is 53.4 Å². The number of hydrogen-bond acceptors (Lipinski definition) is 4. The van der Waals surface area contributed by atoms with Crippen LogP contribution in [0.2, 0.25) is 0 Å². The summed E-state index contributed by atoms with van der Waals surface area (Å²) in [5, 5.41) is 8.05. The standard InChI is InChI=1S/C13H15FN2O2S/c1-9-2-3-10(7-18-5-4-14)11(6-9)16-12(17)8-19-13(16)15/h2-3,6,15H,4-5,7-8H2,1H3. The average molecular weight is 282 g/mol. The fraction of sp³-hybridized carbons (Fsp3) is 0.385. The van der Waals surface area contributed by atoms with Gasteiger partial charge in [-0.15, -0.1) is 0 Å². The summed E-state index contributed by atoms with van der Waals surface area (Å²) in [5.74, 6) is 0.185. The lowest BCUT2D eigenvalue weighted by Gasteiger charge is -2.19. The molecule has 0 aliphatic carbocycles. The van der Waals surface area contributed by atoms with Crippen LogP contribution in [0.1, 0.15) is 11.1 Å². The third-order valence-electron chi connectivity index (χ3n) is 2.75. The van der Waals surface area contributed by atoms with Crippen LogP contribution in [0.3, 0.4) is 0 Å². The van der Waals surface area contributed by atoms with E-state index in [1.807, 2.05) is 25.1 Å². The fourth-order valence-corrected chi connectivity index (χ4v) is 2.58. The normalized spacial score (nSPS) is 15.4. The molecule has 0 radical (unpaired) electrons. The van der Waals surface area contributed by atoms with E-state index in [-0.39, 0.29) is 30.0 Å². The zero-order chi connectivity index (χ0) is 13.8. The number of alkyl halides is 1. The minimum absolute atomic E-state index is 0.0352. The molecule has 19 heavy (non-hydrogen) atoms. The zero-order valence-electron chi connectivity index (χ0n) is 10.6. The highest BCUT2D eigenvalue weighted by Gasteiger charge is 2.29. The number of ether oxygens (including phenoxy) is 1. The quantitative estimate of drug-likeness (QED) is 0.844. The largest absolute Gasteiger partial charge is 0.374 e. The number of anilines is 1. The van der Waals surface area contributed by atoms with Gasteiger partial charge in [0.2, 0.25) is 5.91 Å². The van der Waals surface area contributed by atoms with Gasteiger partial charge in [-0.25, -0.2) is 4.39 Å². The molecule has 1 aromatic carbocycles. The Morgan fingerprint density at radius 2 is 2.32 bits per heavy atom. The highest BCUT2D eigenvalue weighted by atomic mass is 32.2. The molecule has 0 spiro atoms. The molecule has 0 saturated carbocycles. The summed E-state index contributed by atoms with van der Waals surface area (Å²) in [5.41, 5.74) is 2.46. The molecular weight excluding hydrogens is 267 g/mol. The van der Waals surface area contributed by atoms with Crippen molar-refractivity contribution in [3.8, 4) is 0 Å². The minimum atomic E-state index is -0.532. The molecule has 1 N–H and O–H groups in total. The van der Waals surface area contributed by atoms with Gasteiger partial charge in [-0.1, -0.05) is 23.9 Å². The van der Waals surface area contributed by atoms with Crippen LogP contribution in [0.25, 0.3) is 0 Å². The molecular formula is C13H15FN2O2S. The molecule has 102 valence electrons. The molecule has 6 heteroatoms. The van der Waals surface area contributed by atoms with E-state index >= 15 is 0 Å². The number of carbonyl (C=O) groups is 1. The van der Waals surface area contributed by atoms with E-state index < -0.39 is 6.67 Å². The molecule has 1 saturated heterocycles. The first-order valence-electron chi connectivity index (χ1n) is 5.91. The number of halogens is 1. The van der Waals surface area contributed by atoms with Crippen LogP contribution in [0.15, 0.2) is 18.2 Å². The molecule has 1 aliphatic heterocycles. The van der Waals surface area contributed by atoms with Crippen molar-refractivity contribution in [3.05, 3.63) is 29.3 Å². The van der Waals surface area contributed by atoms with Gasteiger partial charge < -0.3 is 4.74 Å². The summed E-state index contributed by atoms with van der Waals surface area (Å²) < 4.78 is 17.2. The minimum Gasteiger partial charge on any atom is -0.374 e. The van der Waals surface area contributed by atoms with Crippen molar-refractivity contribution in [2.24, 2.45) is 0 Å². The van der Waals surface area contributed by atoms with Gasteiger partial charge in [0.25, 0.3) is 0 Å². The van der Waals surface area contributed by atoms with Crippen molar-refractivity contribution in [3.63, 3.8) is 0 Å². The number of aryl methyl sites for hydroxylation is 1. The molecule has 0 aromatic heterocycles. The molecule has 0 unspecified atom stereocenters. The van der Waals surface area contributed by atoms with Gasteiger partial charge in [0, 0.05) is 5.56 Å². The first-order chi connectivity index (χ1) is 9.13. The van der Waals surface area contributed by atoms with Gasteiger partial charge in [0.05, 0.1) is 24.7 Å². The Morgan fingerprint density at radius 3 is 2.95 bits per heavy atom. The lowest BCUT2D eigenvalue weighted by molar-refractivity contribution is -0.115. The van der Waals surface area contributed by atoms with Gasteiger partial charge in [-0.2, -0.15) is 0 Å². The SMILES string of the molecule is Cc1ccc(COCCF)c(N2C(=N)SCC2=O)c1. The van der Waals surface area contributed by atoms with Crippen molar-refractivity contribution < 1.29 is 13.9 Å². The first kappa shape index (κ1) is 14.0. The van der Waals surface area contributed by atoms with Crippen LogP contribution in [-0.4, -0.2) is 30.1 Å². The molecule has 1 amide bonds. The zero-order valence-corrected chi connectivity index (χ0v) is 11.4. The van der Waals surface area contributed by atoms with Crippen molar-refractivity contribution >= 4 is 28.5 Å². The van der Waals surface area contributed by atoms with Gasteiger partial charge in [-0.3, -0.25) is 15.1 Å². The first-order valence-corrected chi connectivity index (χ1v) is 6.89. The number of amidine groups is 1. The maximum absolute atomic E-state index is 12.1. The number of hydrogen-bond donors (Lipinski definition) is 1. The third kappa shape index (κ3) is 3.13. The Kier molecular flexibility index (Phi) is 4.55. The lowest BCUT2D eigenvalue weighted by atomic mass is 10.1. The number of benzene rings is 1. The van der Waals surface area contributed by atoms with Crippen molar-refractivity contribution in [1.82, 2.24) is 0 Å². The number of thioether (sulfide) groups is 1. The van der Waals surface area contributed by atoms with E-state index in [2.05, 4.69) is 0 Å². The van der Waals surface area contributed by atoms with Gasteiger partial charge >= 0.3 is 0 Å². The van der Waals surface area contributed by atoms with E-state index in [4.69, 9.17) is 10.1 Å². The van der Waals surface area contributed by atoms with E-state index in [0.29, 0.717) is 5.69 Å². The number of amides is 1. The van der Waals surface area contributed by atoms with E-state index in [0.717, 1.165) is 11.1 Å². The summed E-state index contributed by atoms with van der Waals surface area (Å²) in [4.78, 5) is 13.2. The summed E-state index contributed by atoms with van der Waals surface area (Å²) in [6, 6.07) is 5.62. The molecule has 4 nitrogen and oxygen atoms in total. The van der Waals surface area contributed by atoms with Crippen LogP contribution in [-0.2, 0) is 16.1 Å². The third-order valence-corrected chi connectivity index (χ3v) is 3.59. The Bertz CT molecular complexity index is 491. The summed E-state index contributed by atoms with van der Waals surface area (Å²) >= 11 is 1.21. The van der Waals surface area contributed by atoms with E-state index in [1.54, 1.807) is 0 Å². The van der Waals surface area contributed by atoms with Gasteiger partial charge in [0.1, 0.15) is 6.67 Å². The van der Waals surface area contributed by atoms with E-state index in [1.165, 1.54) is 16.7 Å². The summed E-state index contributed by atoms with van der Waals surface area (Å²) in [6.07, 6.45) is 0. The average Bonchev–Trinajstić information content (AvgIpc) is 2.71. The Hall–Kier alpha value is -1.40. The van der Waals surface area contributed by atoms with Crippen molar-refractivity contribution in [2.75, 3.05) is 23.9 Å². The van der Waals surface area contributed by atoms with Crippen LogP contribution >= 0.6 is 11.8 Å². The Morgan fingerprint density at radius 1 is 1.53 bits per heavy atom. The molecule has 2 rings (SSSR count). The van der Waals surface area contributed by atoms with Crippen LogP contribution in [0.5, 0.6) is 0 Å². The second-order valence-corrected chi connectivity index (χ2v) is 5.16. The number of carbonyl (C=O) groups excluding carboxylic acids is 1. The van der Waals surface area contributed by atoms with Crippen LogP contribution < -0.4 is 4.90 Å². The molecule has 1 aromatic rings. The van der Waals surface area contributed by atoms with Crippen molar-refractivity contribution in [2.45, 2.75) is 13.5 Å². The highest BCUT2D eigenvalue weighted by Crippen LogP contribution is 2.30. The maximum Gasteiger partial charge on any atom is 0.243 e. The Balaban J connectivity index is 2.29. The smallest absolute Gasteiger partial charge is 0.243 e. The van der Waals surface area contributed by atoms with E-state index in [9.17, 15) is 9.18 Å². The second kappa shape index (κ2) is 6.16. The summed E-state index contributed by atoms with van der Waals surface area (Å²) in [6.45, 7) is 1.66. The maximum atomic E-state index is 12.1. The highest BCUT2D eigenvalue weighted by molar-refractivity contribution is 8.15. The monoisotopic (exact) mass is 282 g/mol. The molecule has 0 bridgehead atoms. The van der Waals surface area contributed by atoms with Gasteiger partial charge in [0.15, 0.2) is 5.17 Å². The number of rotatable bonds is 5. The summed E-state index contributed by atoms with van der Waals surface area (Å²) in [7, 11) is 0.